The van der Waals surface area contributed by atoms with Crippen molar-refractivity contribution >= 4 is 39.7 Å². The quantitative estimate of drug-likeness (QED) is 0.306. The lowest BCUT2D eigenvalue weighted by Crippen LogP contribution is -2.54. The van der Waals surface area contributed by atoms with Gasteiger partial charge in [-0.05, 0) is 61.5 Å². The number of nitrogens with zero attached hydrogens (tertiary/aromatic N) is 4. The van der Waals surface area contributed by atoms with Crippen molar-refractivity contribution in [1.29, 1.82) is 0 Å². The summed E-state index contributed by atoms with van der Waals surface area (Å²) in [4.78, 5) is 11.8. The van der Waals surface area contributed by atoms with Crippen LogP contribution in [-0.2, 0) is 9.79 Å². The van der Waals surface area contributed by atoms with E-state index < -0.39 is 4.99 Å². The van der Waals surface area contributed by atoms with E-state index in [0.29, 0.717) is 5.04 Å². The number of hydrogen-bond donors (Lipinski definition) is 0. The second-order valence-corrected chi connectivity index (χ2v) is 10.4. The van der Waals surface area contributed by atoms with Crippen LogP contribution < -0.4 is 10.0 Å². The molecule has 0 amide bonds. The average Bonchev–Trinajstić information content (AvgIpc) is 3.33. The molecule has 0 bridgehead atoms. The summed E-state index contributed by atoms with van der Waals surface area (Å²) >= 11 is 1.44. The van der Waals surface area contributed by atoms with Gasteiger partial charge in [0.15, 0.2) is 10.8 Å². The molecule has 2 aliphatic rings. The number of carbonyl (C=O) groups is 1. The number of aryl methyl sites for hydroxylation is 2. The maximum Gasteiger partial charge on any atom is 0.234 e. The number of hydrogen-bond acceptors (Lipinski definition) is 6. The Morgan fingerprint density at radius 1 is 0.730 bits per heavy atom. The summed E-state index contributed by atoms with van der Waals surface area (Å²) in [6.07, 6.45) is 0. The lowest BCUT2D eigenvalue weighted by atomic mass is 9.90. The maximum atomic E-state index is 12.7. The van der Waals surface area contributed by atoms with Gasteiger partial charge in [-0.25, -0.2) is 10.0 Å². The minimum absolute atomic E-state index is 0.0717. The number of hydrazone groups is 2. The molecule has 1 atom stereocenters. The van der Waals surface area contributed by atoms with Crippen molar-refractivity contribution in [3.8, 4) is 0 Å². The van der Waals surface area contributed by atoms with Crippen molar-refractivity contribution in [2.24, 2.45) is 10.2 Å². The summed E-state index contributed by atoms with van der Waals surface area (Å²) in [6, 6.07) is 34.9. The summed E-state index contributed by atoms with van der Waals surface area (Å²) in [6.45, 7) is 5.79. The average molecular weight is 503 g/mol. The van der Waals surface area contributed by atoms with Gasteiger partial charge in [0.05, 0.1) is 17.1 Å². The molecule has 2 aliphatic heterocycles. The highest BCUT2D eigenvalue weighted by molar-refractivity contribution is 8.17. The molecule has 0 saturated heterocycles. The van der Waals surface area contributed by atoms with Gasteiger partial charge in [0.25, 0.3) is 0 Å². The van der Waals surface area contributed by atoms with Crippen LogP contribution in [0.4, 0.5) is 11.4 Å². The van der Waals surface area contributed by atoms with Gasteiger partial charge in [0, 0.05) is 23.6 Å². The van der Waals surface area contributed by atoms with Crippen LogP contribution in [0.15, 0.2) is 113 Å². The molecule has 2 heterocycles. The van der Waals surface area contributed by atoms with Gasteiger partial charge >= 0.3 is 0 Å². The molecule has 4 aromatic rings. The van der Waals surface area contributed by atoms with Gasteiger partial charge < -0.3 is 0 Å². The highest BCUT2D eigenvalue weighted by atomic mass is 32.2. The number of carbonyl (C=O) groups excluding carboxylic acids is 1. The molecule has 0 radical (unpaired) electrons. The molecule has 37 heavy (non-hydrogen) atoms. The predicted molar refractivity (Wildman–Crippen MR) is 153 cm³/mol. The van der Waals surface area contributed by atoms with Gasteiger partial charge in [-0.1, -0.05) is 78.4 Å². The first-order valence-electron chi connectivity index (χ1n) is 12.2. The Morgan fingerprint density at radius 2 is 1.32 bits per heavy atom. The molecular formula is C31H26N4OS. The highest BCUT2D eigenvalue weighted by Crippen LogP contribution is 2.55. The molecule has 1 spiro atoms. The van der Waals surface area contributed by atoms with Gasteiger partial charge in [0.2, 0.25) is 4.99 Å². The number of para-hydroxylation sites is 2. The molecular weight excluding hydrogens is 476 g/mol. The molecule has 0 aliphatic carbocycles. The number of thioether (sulfide) groups is 1. The molecule has 6 heteroatoms. The normalized spacial score (nSPS) is 18.5. The summed E-state index contributed by atoms with van der Waals surface area (Å²) in [7, 11) is 0. The molecule has 1 unspecified atom stereocenters. The molecule has 5 nitrogen and oxygen atoms in total. The molecule has 0 aromatic heterocycles. The number of rotatable bonds is 4. The number of anilines is 2. The number of Topliss-reactive ketones (excluding diaryl/α,β-unsaturated/α-hetero) is 1. The van der Waals surface area contributed by atoms with E-state index in [1.54, 1.807) is 6.92 Å². The zero-order valence-corrected chi connectivity index (χ0v) is 21.7. The fraction of sp³-hybridized carbons (Fsp3) is 0.129. The predicted octanol–water partition coefficient (Wildman–Crippen LogP) is 6.84. The maximum absolute atomic E-state index is 12.7. The zero-order valence-electron chi connectivity index (χ0n) is 20.9. The van der Waals surface area contributed by atoms with Crippen LogP contribution in [0.3, 0.4) is 0 Å². The van der Waals surface area contributed by atoms with Gasteiger partial charge in [-0.15, -0.1) is 0 Å². The molecule has 0 fully saturated rings. The van der Waals surface area contributed by atoms with E-state index in [1.807, 2.05) is 70.7 Å². The Bertz CT molecular complexity index is 1560. The van der Waals surface area contributed by atoms with Crippen LogP contribution in [0.25, 0.3) is 0 Å². The Morgan fingerprint density at radius 3 is 1.97 bits per heavy atom. The molecule has 6 rings (SSSR count). The molecule has 4 aromatic carbocycles. The standard InChI is InChI=1S/C31H26N4OS/c1-21-18-19-22(2)27(20-21)29-26-16-10-11-17-28(26)31(34(32-29)24-12-6-4-7-13-24)35(25-14-8-5-9-15-25)33-30(37-31)23(3)36/h4-20H,1-3H3. The third-order valence-electron chi connectivity index (χ3n) is 6.69. The minimum atomic E-state index is -0.929. The Kier molecular flexibility index (Phi) is 5.69. The third-order valence-corrected chi connectivity index (χ3v) is 8.10. The Balaban J connectivity index is 1.68. The summed E-state index contributed by atoms with van der Waals surface area (Å²) in [5, 5.41) is 14.7. The van der Waals surface area contributed by atoms with Crippen molar-refractivity contribution < 1.29 is 4.79 Å². The number of fused-ring (bicyclic) bond motifs is 2. The number of ketones is 1. The fourth-order valence-electron chi connectivity index (χ4n) is 4.90. The van der Waals surface area contributed by atoms with Crippen molar-refractivity contribution in [2.45, 2.75) is 25.8 Å². The van der Waals surface area contributed by atoms with Crippen molar-refractivity contribution in [2.75, 3.05) is 10.0 Å². The number of benzene rings is 4. The highest BCUT2D eigenvalue weighted by Gasteiger charge is 2.55. The minimum Gasteiger partial charge on any atom is -0.292 e. The smallest absolute Gasteiger partial charge is 0.234 e. The van der Waals surface area contributed by atoms with Crippen LogP contribution in [0, 0.1) is 13.8 Å². The van der Waals surface area contributed by atoms with E-state index in [4.69, 9.17) is 10.2 Å². The molecule has 182 valence electrons. The van der Waals surface area contributed by atoms with Crippen LogP contribution >= 0.6 is 11.8 Å². The second-order valence-electron chi connectivity index (χ2n) is 9.28. The third kappa shape index (κ3) is 3.76. The zero-order chi connectivity index (χ0) is 25.6. The van der Waals surface area contributed by atoms with E-state index in [2.05, 4.69) is 56.3 Å². The van der Waals surface area contributed by atoms with Crippen molar-refractivity contribution in [1.82, 2.24) is 0 Å². The Labute approximate surface area is 221 Å². The topological polar surface area (TPSA) is 48.3 Å². The summed E-state index contributed by atoms with van der Waals surface area (Å²) in [5.41, 5.74) is 8.16. The van der Waals surface area contributed by atoms with Crippen molar-refractivity contribution in [3.05, 3.63) is 131 Å². The first-order chi connectivity index (χ1) is 18.0. The monoisotopic (exact) mass is 502 g/mol. The molecule has 0 saturated carbocycles. The van der Waals surface area contributed by atoms with E-state index >= 15 is 0 Å². The summed E-state index contributed by atoms with van der Waals surface area (Å²) in [5.74, 6) is -0.0717. The van der Waals surface area contributed by atoms with Crippen LogP contribution in [-0.4, -0.2) is 16.5 Å². The van der Waals surface area contributed by atoms with Gasteiger partial charge in [0.1, 0.15) is 0 Å². The fourth-order valence-corrected chi connectivity index (χ4v) is 6.19. The van der Waals surface area contributed by atoms with E-state index in [9.17, 15) is 4.79 Å². The van der Waals surface area contributed by atoms with Crippen molar-refractivity contribution in [3.63, 3.8) is 0 Å². The first-order valence-corrected chi connectivity index (χ1v) is 13.1. The lowest BCUT2D eigenvalue weighted by Gasteiger charge is -2.47. The van der Waals surface area contributed by atoms with Crippen LogP contribution in [0.1, 0.15) is 34.7 Å². The van der Waals surface area contributed by atoms with Gasteiger partial charge in [-0.3, -0.25) is 4.79 Å². The van der Waals surface area contributed by atoms with E-state index in [-0.39, 0.29) is 5.78 Å². The van der Waals surface area contributed by atoms with E-state index in [1.165, 1.54) is 17.3 Å². The lowest BCUT2D eigenvalue weighted by molar-refractivity contribution is -0.110. The van der Waals surface area contributed by atoms with Crippen LogP contribution in [0.5, 0.6) is 0 Å². The SMILES string of the molecule is CC(=O)C1=NN(c2ccccc2)C2(S1)c1ccccc1C(c1cc(C)ccc1C)=NN2c1ccccc1. The van der Waals surface area contributed by atoms with Crippen LogP contribution in [0.2, 0.25) is 0 Å². The summed E-state index contributed by atoms with van der Waals surface area (Å²) < 4.78 is 0. The second kappa shape index (κ2) is 9.05. The Hall–Kier alpha value is -4.16. The first kappa shape index (κ1) is 23.3. The molecule has 0 N–H and O–H groups in total. The van der Waals surface area contributed by atoms with Gasteiger partial charge in [-0.2, -0.15) is 10.2 Å². The van der Waals surface area contributed by atoms with E-state index in [0.717, 1.165) is 39.3 Å². The largest absolute Gasteiger partial charge is 0.292 e.